The molecule has 0 saturated heterocycles. The zero-order chi connectivity index (χ0) is 17.8. The van der Waals surface area contributed by atoms with Crippen LogP contribution < -0.4 is 5.32 Å². The number of carbonyl (C=O) groups is 1. The summed E-state index contributed by atoms with van der Waals surface area (Å²) in [5.41, 5.74) is 2.54. The smallest absolute Gasteiger partial charge is 0.270 e. The summed E-state index contributed by atoms with van der Waals surface area (Å²) in [4.78, 5) is 22.0. The van der Waals surface area contributed by atoms with Crippen molar-refractivity contribution in [3.63, 3.8) is 0 Å². The number of nitrogens with one attached hydrogen (secondary N) is 2. The molecule has 2 N–H and O–H groups in total. The fourth-order valence-corrected chi connectivity index (χ4v) is 2.80. The summed E-state index contributed by atoms with van der Waals surface area (Å²) in [5, 5.41) is 4.55. The number of carbonyl (C=O) groups excluding carboxylic acids is 1. The topological polar surface area (TPSA) is 61.0 Å². The second-order valence-electron chi connectivity index (χ2n) is 6.20. The fourth-order valence-electron chi connectivity index (χ4n) is 2.68. The third-order valence-corrected chi connectivity index (χ3v) is 4.60. The molecule has 3 rings (SSSR count). The van der Waals surface area contributed by atoms with Gasteiger partial charge in [-0.1, -0.05) is 23.7 Å². The predicted molar refractivity (Wildman–Crippen MR) is 101 cm³/mol. The molecule has 0 saturated carbocycles. The Kier molecular flexibility index (Phi) is 5.36. The first kappa shape index (κ1) is 17.5. The van der Waals surface area contributed by atoms with Crippen LogP contribution in [-0.2, 0) is 6.54 Å². The minimum Gasteiger partial charge on any atom is -0.361 e. The molecule has 0 fully saturated rings. The quantitative estimate of drug-likeness (QED) is 0.711. The lowest BCUT2D eigenvalue weighted by atomic mass is 10.2. The molecule has 0 spiro atoms. The number of rotatable bonds is 6. The second kappa shape index (κ2) is 7.68. The zero-order valence-electron chi connectivity index (χ0n) is 14.3. The summed E-state index contributed by atoms with van der Waals surface area (Å²) >= 11 is 5.92. The van der Waals surface area contributed by atoms with E-state index in [1.165, 1.54) is 5.56 Å². The molecule has 130 valence electrons. The van der Waals surface area contributed by atoms with Crippen LogP contribution in [0.15, 0.2) is 48.8 Å². The Morgan fingerprint density at radius 1 is 1.28 bits per heavy atom. The van der Waals surface area contributed by atoms with Crippen LogP contribution in [0.5, 0.6) is 0 Å². The number of likely N-dealkylation sites (N-methyl/N-ethyl adjacent to an activating group) is 1. The minimum atomic E-state index is -0.156. The maximum atomic E-state index is 12.5. The van der Waals surface area contributed by atoms with Crippen LogP contribution in [0.25, 0.3) is 10.9 Å². The van der Waals surface area contributed by atoms with Gasteiger partial charge >= 0.3 is 0 Å². The van der Waals surface area contributed by atoms with Crippen molar-refractivity contribution in [2.24, 2.45) is 0 Å². The van der Waals surface area contributed by atoms with Crippen LogP contribution in [0.2, 0.25) is 5.02 Å². The van der Waals surface area contributed by atoms with E-state index in [1.807, 2.05) is 49.6 Å². The number of fused-ring (bicyclic) bond motifs is 1. The average molecular weight is 357 g/mol. The van der Waals surface area contributed by atoms with Crippen LogP contribution in [0, 0.1) is 0 Å². The first-order chi connectivity index (χ1) is 12.0. The van der Waals surface area contributed by atoms with Crippen molar-refractivity contribution in [3.05, 3.63) is 65.1 Å². The summed E-state index contributed by atoms with van der Waals surface area (Å²) in [6, 6.07) is 11.7. The number of halogens is 1. The lowest BCUT2D eigenvalue weighted by Crippen LogP contribution is -2.40. The van der Waals surface area contributed by atoms with Crippen LogP contribution in [-0.4, -0.2) is 40.4 Å². The van der Waals surface area contributed by atoms with Gasteiger partial charge in [0.25, 0.3) is 5.91 Å². The standard InChI is InChI=1S/C19H21ClN4O/c1-13(24(2)12-14-3-5-15(20)6-4-14)11-23-19(25)18-16-7-9-21-17(16)8-10-22-18/h3-10,13,21H,11-12H2,1-2H3,(H,23,25). The molecular formula is C19H21ClN4O. The van der Waals surface area contributed by atoms with E-state index in [4.69, 9.17) is 11.6 Å². The molecule has 3 aromatic rings. The van der Waals surface area contributed by atoms with E-state index >= 15 is 0 Å². The predicted octanol–water partition coefficient (Wildman–Crippen LogP) is 3.47. The largest absolute Gasteiger partial charge is 0.361 e. The third kappa shape index (κ3) is 4.18. The normalized spacial score (nSPS) is 12.5. The summed E-state index contributed by atoms with van der Waals surface area (Å²) in [6.07, 6.45) is 3.45. The highest BCUT2D eigenvalue weighted by atomic mass is 35.5. The van der Waals surface area contributed by atoms with E-state index in [0.29, 0.717) is 12.2 Å². The van der Waals surface area contributed by atoms with Crippen molar-refractivity contribution in [2.75, 3.05) is 13.6 Å². The second-order valence-corrected chi connectivity index (χ2v) is 6.64. The molecule has 0 radical (unpaired) electrons. The molecule has 2 aromatic heterocycles. The molecule has 0 aliphatic carbocycles. The highest BCUT2D eigenvalue weighted by Gasteiger charge is 2.15. The van der Waals surface area contributed by atoms with E-state index in [2.05, 4.69) is 27.1 Å². The van der Waals surface area contributed by atoms with Gasteiger partial charge in [-0.2, -0.15) is 0 Å². The number of aromatic nitrogens is 2. The summed E-state index contributed by atoms with van der Waals surface area (Å²) in [5.74, 6) is -0.156. The van der Waals surface area contributed by atoms with E-state index in [-0.39, 0.29) is 11.9 Å². The van der Waals surface area contributed by atoms with Gasteiger partial charge in [-0.3, -0.25) is 14.7 Å². The van der Waals surface area contributed by atoms with Crippen molar-refractivity contribution in [2.45, 2.75) is 19.5 Å². The molecule has 1 amide bonds. The van der Waals surface area contributed by atoms with E-state index in [1.54, 1.807) is 6.20 Å². The molecular weight excluding hydrogens is 336 g/mol. The SMILES string of the molecule is CC(CNC(=O)c1nccc2[nH]ccc12)N(C)Cc1ccc(Cl)cc1. The molecule has 1 aromatic carbocycles. The van der Waals surface area contributed by atoms with Gasteiger partial charge in [-0.05, 0) is 43.8 Å². The molecule has 25 heavy (non-hydrogen) atoms. The minimum absolute atomic E-state index is 0.156. The number of H-pyrrole nitrogens is 1. The van der Waals surface area contributed by atoms with Gasteiger partial charge in [-0.25, -0.2) is 0 Å². The van der Waals surface area contributed by atoms with Gasteiger partial charge in [0.15, 0.2) is 0 Å². The Morgan fingerprint density at radius 2 is 2.04 bits per heavy atom. The average Bonchev–Trinajstić information content (AvgIpc) is 3.10. The highest BCUT2D eigenvalue weighted by molar-refractivity contribution is 6.30. The van der Waals surface area contributed by atoms with Crippen LogP contribution >= 0.6 is 11.6 Å². The van der Waals surface area contributed by atoms with E-state index in [0.717, 1.165) is 22.5 Å². The molecule has 1 atom stereocenters. The Bertz CT molecular complexity index is 859. The molecule has 2 heterocycles. The highest BCUT2D eigenvalue weighted by Crippen LogP contribution is 2.15. The number of hydrogen-bond acceptors (Lipinski definition) is 3. The van der Waals surface area contributed by atoms with Gasteiger partial charge in [0, 0.05) is 47.5 Å². The molecule has 5 nitrogen and oxygen atoms in total. The van der Waals surface area contributed by atoms with Gasteiger partial charge in [0.1, 0.15) is 5.69 Å². The lowest BCUT2D eigenvalue weighted by Gasteiger charge is -2.25. The van der Waals surface area contributed by atoms with Crippen molar-refractivity contribution >= 4 is 28.4 Å². The summed E-state index contributed by atoms with van der Waals surface area (Å²) in [6.45, 7) is 3.42. The first-order valence-corrected chi connectivity index (χ1v) is 8.57. The Hall–Kier alpha value is -2.37. The zero-order valence-corrected chi connectivity index (χ0v) is 15.0. The van der Waals surface area contributed by atoms with E-state index < -0.39 is 0 Å². The Morgan fingerprint density at radius 3 is 2.80 bits per heavy atom. The molecule has 0 bridgehead atoms. The molecule has 6 heteroatoms. The summed E-state index contributed by atoms with van der Waals surface area (Å²) in [7, 11) is 2.04. The maximum absolute atomic E-state index is 12.5. The van der Waals surface area contributed by atoms with Crippen LogP contribution in [0.4, 0.5) is 0 Å². The van der Waals surface area contributed by atoms with Gasteiger partial charge in [0.2, 0.25) is 0 Å². The molecule has 0 aliphatic heterocycles. The lowest BCUT2D eigenvalue weighted by molar-refractivity contribution is 0.0936. The summed E-state index contributed by atoms with van der Waals surface area (Å²) < 4.78 is 0. The van der Waals surface area contributed by atoms with Crippen molar-refractivity contribution in [3.8, 4) is 0 Å². The number of nitrogens with zero attached hydrogens (tertiary/aromatic N) is 2. The van der Waals surface area contributed by atoms with Crippen molar-refractivity contribution < 1.29 is 4.79 Å². The monoisotopic (exact) mass is 356 g/mol. The number of aromatic amines is 1. The number of hydrogen-bond donors (Lipinski definition) is 2. The Labute approximate surface area is 152 Å². The fraction of sp³-hybridized carbons (Fsp3) is 0.263. The molecule has 1 unspecified atom stereocenters. The molecule has 0 aliphatic rings. The van der Waals surface area contributed by atoms with Gasteiger partial charge in [-0.15, -0.1) is 0 Å². The van der Waals surface area contributed by atoms with E-state index in [9.17, 15) is 4.79 Å². The van der Waals surface area contributed by atoms with Crippen molar-refractivity contribution in [1.29, 1.82) is 0 Å². The Balaban J connectivity index is 1.57. The first-order valence-electron chi connectivity index (χ1n) is 8.19. The third-order valence-electron chi connectivity index (χ3n) is 4.35. The van der Waals surface area contributed by atoms with Crippen LogP contribution in [0.1, 0.15) is 23.0 Å². The van der Waals surface area contributed by atoms with Crippen molar-refractivity contribution in [1.82, 2.24) is 20.2 Å². The van der Waals surface area contributed by atoms with Crippen LogP contribution in [0.3, 0.4) is 0 Å². The van der Waals surface area contributed by atoms with Gasteiger partial charge < -0.3 is 10.3 Å². The number of benzene rings is 1. The van der Waals surface area contributed by atoms with Gasteiger partial charge in [0.05, 0.1) is 0 Å². The maximum Gasteiger partial charge on any atom is 0.270 e. The number of pyridine rings is 1. The number of amides is 1.